The average Bonchev–Trinajstić information content (AvgIpc) is 3.27. The first-order chi connectivity index (χ1) is 16.7. The highest BCUT2D eigenvalue weighted by Gasteiger charge is 2.20. The Balaban J connectivity index is 1.36. The molecule has 3 aromatic rings. The van der Waals surface area contributed by atoms with Crippen molar-refractivity contribution in [2.24, 2.45) is 0 Å². The van der Waals surface area contributed by atoms with Crippen molar-refractivity contribution in [3.63, 3.8) is 0 Å². The predicted molar refractivity (Wildman–Crippen MR) is 126 cm³/mol. The molecule has 2 aromatic heterocycles. The van der Waals surface area contributed by atoms with Gasteiger partial charge >= 0.3 is 0 Å². The number of benzene rings is 1. The number of hydrogen-bond acceptors (Lipinski definition) is 10. The summed E-state index contributed by atoms with van der Waals surface area (Å²) in [7, 11) is 0. The summed E-state index contributed by atoms with van der Waals surface area (Å²) in [6.45, 7) is 8.45. The molecule has 0 bridgehead atoms. The molecule has 0 aliphatic carbocycles. The van der Waals surface area contributed by atoms with Gasteiger partial charge in [-0.1, -0.05) is 5.16 Å². The molecule has 0 saturated carbocycles. The number of nitrogens with one attached hydrogen (secondary N) is 1. The zero-order valence-corrected chi connectivity index (χ0v) is 19.5. The van der Waals surface area contributed by atoms with Gasteiger partial charge in [-0.05, 0) is 13.3 Å². The van der Waals surface area contributed by atoms with Gasteiger partial charge in [-0.15, -0.1) is 0 Å². The molecule has 2 aliphatic rings. The minimum Gasteiger partial charge on any atom is -0.493 e. The molecular weight excluding hydrogens is 438 g/mol. The molecule has 34 heavy (non-hydrogen) atoms. The number of fused-ring (bicyclic) bond motifs is 1. The third-order valence-corrected chi connectivity index (χ3v) is 6.00. The topological polar surface area (TPSA) is 104 Å². The largest absolute Gasteiger partial charge is 0.493 e. The number of morpholine rings is 1. The van der Waals surface area contributed by atoms with Crippen molar-refractivity contribution in [1.29, 1.82) is 0 Å². The summed E-state index contributed by atoms with van der Waals surface area (Å²) in [5.74, 6) is 2.53. The van der Waals surface area contributed by atoms with E-state index < -0.39 is 0 Å². The highest BCUT2D eigenvalue weighted by molar-refractivity contribution is 5.96. The van der Waals surface area contributed by atoms with Crippen LogP contribution in [0.2, 0.25) is 0 Å². The normalized spacial score (nSPS) is 17.7. The Bertz CT molecular complexity index is 1080. The lowest BCUT2D eigenvalue weighted by atomic mass is 10.1. The van der Waals surface area contributed by atoms with Crippen molar-refractivity contribution in [2.75, 3.05) is 58.0 Å². The quantitative estimate of drug-likeness (QED) is 0.469. The van der Waals surface area contributed by atoms with E-state index >= 15 is 0 Å². The van der Waals surface area contributed by atoms with Gasteiger partial charge in [-0.2, -0.15) is 0 Å². The maximum absolute atomic E-state index is 6.45. The van der Waals surface area contributed by atoms with Crippen LogP contribution in [0.4, 0.5) is 11.7 Å². The molecular formula is C24H31N5O5. The maximum Gasteiger partial charge on any atom is 0.230 e. The second-order valence-electron chi connectivity index (χ2n) is 8.58. The molecule has 1 N–H and O–H groups in total. The number of nitrogens with zero attached hydrogens (tertiary/aromatic N) is 4. The summed E-state index contributed by atoms with van der Waals surface area (Å²) >= 11 is 0. The van der Waals surface area contributed by atoms with Crippen molar-refractivity contribution < 1.29 is 23.5 Å². The fraction of sp³-hybridized carbons (Fsp3) is 0.542. The maximum atomic E-state index is 6.45. The lowest BCUT2D eigenvalue weighted by Gasteiger charge is -2.26. The number of aromatic nitrogens is 3. The van der Waals surface area contributed by atoms with Crippen molar-refractivity contribution >= 4 is 22.6 Å². The fourth-order valence-corrected chi connectivity index (χ4v) is 4.22. The summed E-state index contributed by atoms with van der Waals surface area (Å²) in [4.78, 5) is 11.4. The van der Waals surface area contributed by atoms with E-state index in [1.54, 1.807) is 0 Å². The summed E-state index contributed by atoms with van der Waals surface area (Å²) in [6, 6.07) is 5.69. The Morgan fingerprint density at radius 2 is 1.88 bits per heavy atom. The van der Waals surface area contributed by atoms with Gasteiger partial charge < -0.3 is 28.8 Å². The van der Waals surface area contributed by atoms with Crippen LogP contribution in [0, 0.1) is 6.92 Å². The molecule has 1 aromatic carbocycles. The molecule has 0 atom stereocenters. The molecule has 10 heteroatoms. The monoisotopic (exact) mass is 469 g/mol. The Morgan fingerprint density at radius 1 is 1.06 bits per heavy atom. The first-order valence-corrected chi connectivity index (χ1v) is 11.9. The van der Waals surface area contributed by atoms with Gasteiger partial charge in [0.1, 0.15) is 29.7 Å². The fourth-order valence-electron chi connectivity index (χ4n) is 4.22. The molecule has 0 spiro atoms. The van der Waals surface area contributed by atoms with Gasteiger partial charge in [-0.25, -0.2) is 9.97 Å². The molecule has 2 fully saturated rings. The molecule has 4 heterocycles. The third-order valence-electron chi connectivity index (χ3n) is 6.00. The Kier molecular flexibility index (Phi) is 7.37. The second-order valence-corrected chi connectivity index (χ2v) is 8.58. The Hall–Kier alpha value is -2.95. The third kappa shape index (κ3) is 5.75. The van der Waals surface area contributed by atoms with Crippen LogP contribution in [0.15, 0.2) is 29.0 Å². The zero-order chi connectivity index (χ0) is 23.2. The van der Waals surface area contributed by atoms with Crippen molar-refractivity contribution in [1.82, 2.24) is 20.0 Å². The van der Waals surface area contributed by atoms with Crippen molar-refractivity contribution in [3.8, 4) is 11.5 Å². The van der Waals surface area contributed by atoms with E-state index in [2.05, 4.69) is 25.3 Å². The lowest BCUT2D eigenvalue weighted by Crippen LogP contribution is -2.37. The van der Waals surface area contributed by atoms with E-state index in [4.69, 9.17) is 23.5 Å². The highest BCUT2D eigenvalue weighted by atomic mass is 16.5. The minimum atomic E-state index is 0.0640. The SMILES string of the molecule is Cc1cc(Nc2ncnc3cc(OCCCN4CCOCC4)cc(OC4CCOCC4)c23)on1. The highest BCUT2D eigenvalue weighted by Crippen LogP contribution is 2.37. The first kappa shape index (κ1) is 22.8. The lowest BCUT2D eigenvalue weighted by molar-refractivity contribution is 0.0261. The standard InChI is InChI=1S/C24H31N5O5/c1-17-13-22(34-28-17)27-24-23-20(25-16-26-24)14-19(15-21(23)33-18-3-9-30-10-4-18)32-8-2-5-29-6-11-31-12-7-29/h13-16,18H,2-12H2,1H3,(H,25,26,27). The first-order valence-electron chi connectivity index (χ1n) is 11.9. The van der Waals surface area contributed by atoms with Gasteiger partial charge in [0.05, 0.1) is 49.6 Å². The Morgan fingerprint density at radius 3 is 2.68 bits per heavy atom. The van der Waals surface area contributed by atoms with Crippen LogP contribution in [-0.2, 0) is 9.47 Å². The molecule has 0 unspecified atom stereocenters. The van der Waals surface area contributed by atoms with Gasteiger partial charge in [0.2, 0.25) is 5.88 Å². The predicted octanol–water partition coefficient (Wildman–Crippen LogP) is 3.33. The van der Waals surface area contributed by atoms with Crippen LogP contribution < -0.4 is 14.8 Å². The Labute approximate surface area is 198 Å². The van der Waals surface area contributed by atoms with Crippen LogP contribution in [0.25, 0.3) is 10.9 Å². The molecule has 10 nitrogen and oxygen atoms in total. The van der Waals surface area contributed by atoms with Crippen LogP contribution in [0.1, 0.15) is 25.0 Å². The number of ether oxygens (including phenoxy) is 4. The van der Waals surface area contributed by atoms with E-state index in [1.165, 1.54) is 6.33 Å². The van der Waals surface area contributed by atoms with Gasteiger partial charge in [0.15, 0.2) is 0 Å². The minimum absolute atomic E-state index is 0.0640. The summed E-state index contributed by atoms with van der Waals surface area (Å²) < 4.78 is 28.8. The van der Waals surface area contributed by atoms with Gasteiger partial charge in [0, 0.05) is 50.7 Å². The summed E-state index contributed by atoms with van der Waals surface area (Å²) in [6.07, 6.45) is 4.20. The van der Waals surface area contributed by atoms with Crippen LogP contribution in [-0.4, -0.2) is 78.8 Å². The molecule has 2 saturated heterocycles. The summed E-state index contributed by atoms with van der Waals surface area (Å²) in [5.41, 5.74) is 1.52. The van der Waals surface area contributed by atoms with Gasteiger partial charge in [0.25, 0.3) is 0 Å². The molecule has 2 aliphatic heterocycles. The van der Waals surface area contributed by atoms with Crippen LogP contribution in [0.5, 0.6) is 11.5 Å². The van der Waals surface area contributed by atoms with E-state index in [0.29, 0.717) is 37.3 Å². The van der Waals surface area contributed by atoms with Crippen LogP contribution >= 0.6 is 0 Å². The molecule has 5 rings (SSSR count). The number of anilines is 2. The zero-order valence-electron chi connectivity index (χ0n) is 19.5. The van der Waals surface area contributed by atoms with Crippen molar-refractivity contribution in [2.45, 2.75) is 32.3 Å². The summed E-state index contributed by atoms with van der Waals surface area (Å²) in [5, 5.41) is 7.94. The van der Waals surface area contributed by atoms with Gasteiger partial charge in [-0.3, -0.25) is 4.90 Å². The van der Waals surface area contributed by atoms with Crippen molar-refractivity contribution in [3.05, 3.63) is 30.2 Å². The molecule has 0 radical (unpaired) electrons. The van der Waals surface area contributed by atoms with E-state index in [9.17, 15) is 0 Å². The molecule has 0 amide bonds. The van der Waals surface area contributed by atoms with E-state index in [0.717, 1.165) is 74.5 Å². The molecule has 182 valence electrons. The van der Waals surface area contributed by atoms with E-state index in [1.807, 2.05) is 25.1 Å². The number of aryl methyl sites for hydroxylation is 1. The number of rotatable bonds is 9. The van der Waals surface area contributed by atoms with Crippen LogP contribution in [0.3, 0.4) is 0 Å². The average molecular weight is 470 g/mol. The smallest absolute Gasteiger partial charge is 0.230 e. The second kappa shape index (κ2) is 11.0. The number of hydrogen-bond donors (Lipinski definition) is 1. The van der Waals surface area contributed by atoms with E-state index in [-0.39, 0.29) is 6.10 Å².